The van der Waals surface area contributed by atoms with Gasteiger partial charge in [0.25, 0.3) is 0 Å². The van der Waals surface area contributed by atoms with E-state index in [9.17, 15) is 0 Å². The van der Waals surface area contributed by atoms with E-state index in [1.54, 1.807) is 6.20 Å². The molecular weight excluding hydrogens is 322 g/mol. The molecule has 2 aromatic rings. The van der Waals surface area contributed by atoms with Crippen LogP contribution in [0.15, 0.2) is 22.9 Å². The summed E-state index contributed by atoms with van der Waals surface area (Å²) >= 11 is 8.85. The van der Waals surface area contributed by atoms with Gasteiger partial charge < -0.3 is 4.98 Å². The molecule has 0 fully saturated rings. The van der Waals surface area contributed by atoms with Crippen molar-refractivity contribution in [1.82, 2.24) is 15.0 Å². The molecule has 2 aromatic heterocycles. The topological polar surface area (TPSA) is 41.6 Å². The molecule has 0 atom stereocenters. The van der Waals surface area contributed by atoms with E-state index in [4.69, 9.17) is 12.2 Å². The molecule has 100 valence electrons. The van der Waals surface area contributed by atoms with E-state index in [0.29, 0.717) is 10.6 Å². The van der Waals surface area contributed by atoms with Crippen LogP contribution in [-0.4, -0.2) is 15.0 Å². The Labute approximate surface area is 126 Å². The standard InChI is InChI=1S/C14H16BrN3S/c1-8(2)6-11-12(15)14(19)18-13(17-11)10-4-5-16-7-9(10)3/h4-5,7-8H,6H2,1-3H3,(H,17,18,19). The molecule has 0 spiro atoms. The first-order valence-electron chi connectivity index (χ1n) is 6.18. The third kappa shape index (κ3) is 3.28. The quantitative estimate of drug-likeness (QED) is 0.840. The second kappa shape index (κ2) is 5.92. The molecule has 0 bridgehead atoms. The Morgan fingerprint density at radius 2 is 2.16 bits per heavy atom. The second-order valence-electron chi connectivity index (χ2n) is 4.97. The normalized spacial score (nSPS) is 11.0. The van der Waals surface area contributed by atoms with Gasteiger partial charge in [-0.3, -0.25) is 4.98 Å². The van der Waals surface area contributed by atoms with Crippen LogP contribution in [0.1, 0.15) is 25.1 Å². The summed E-state index contributed by atoms with van der Waals surface area (Å²) < 4.78 is 1.49. The van der Waals surface area contributed by atoms with Crippen molar-refractivity contribution in [1.29, 1.82) is 0 Å². The largest absolute Gasteiger partial charge is 0.342 e. The summed E-state index contributed by atoms with van der Waals surface area (Å²) in [4.78, 5) is 12.0. The van der Waals surface area contributed by atoms with E-state index in [1.165, 1.54) is 0 Å². The minimum atomic E-state index is 0.552. The Balaban J connectivity index is 2.57. The van der Waals surface area contributed by atoms with Gasteiger partial charge >= 0.3 is 0 Å². The number of H-pyrrole nitrogens is 1. The van der Waals surface area contributed by atoms with Crippen molar-refractivity contribution >= 4 is 28.1 Å². The Hall–Kier alpha value is -1.07. The minimum Gasteiger partial charge on any atom is -0.342 e. The average Bonchev–Trinajstić information content (AvgIpc) is 2.35. The van der Waals surface area contributed by atoms with Gasteiger partial charge in [0.2, 0.25) is 0 Å². The van der Waals surface area contributed by atoms with Gasteiger partial charge in [-0.15, -0.1) is 0 Å². The van der Waals surface area contributed by atoms with E-state index < -0.39 is 0 Å². The van der Waals surface area contributed by atoms with Gasteiger partial charge in [-0.2, -0.15) is 0 Å². The molecule has 2 rings (SSSR count). The summed E-state index contributed by atoms with van der Waals surface area (Å²) in [7, 11) is 0. The number of halogens is 1. The fourth-order valence-corrected chi connectivity index (χ4v) is 2.49. The first-order valence-corrected chi connectivity index (χ1v) is 7.39. The predicted octanol–water partition coefficient (Wildman–Crippen LogP) is 4.47. The molecule has 0 aromatic carbocycles. The lowest BCUT2D eigenvalue weighted by atomic mass is 10.1. The van der Waals surface area contributed by atoms with Crippen molar-refractivity contribution in [2.24, 2.45) is 5.92 Å². The highest BCUT2D eigenvalue weighted by Gasteiger charge is 2.10. The fraction of sp³-hybridized carbons (Fsp3) is 0.357. The van der Waals surface area contributed by atoms with E-state index in [2.05, 4.69) is 44.7 Å². The van der Waals surface area contributed by atoms with Gasteiger partial charge in [0.1, 0.15) is 10.5 Å². The Kier molecular flexibility index (Phi) is 4.47. The fourth-order valence-electron chi connectivity index (χ4n) is 1.92. The van der Waals surface area contributed by atoms with Crippen LogP contribution in [0.2, 0.25) is 0 Å². The smallest absolute Gasteiger partial charge is 0.144 e. The zero-order valence-corrected chi connectivity index (χ0v) is 13.6. The van der Waals surface area contributed by atoms with Gasteiger partial charge in [0.05, 0.1) is 4.47 Å². The molecule has 0 unspecified atom stereocenters. The molecule has 2 heterocycles. The van der Waals surface area contributed by atoms with E-state index in [0.717, 1.165) is 33.5 Å². The number of pyridine rings is 1. The lowest BCUT2D eigenvalue weighted by molar-refractivity contribution is 0.632. The number of hydrogen-bond acceptors (Lipinski definition) is 3. The zero-order chi connectivity index (χ0) is 14.0. The van der Waals surface area contributed by atoms with Crippen LogP contribution in [0, 0.1) is 17.5 Å². The molecule has 0 aliphatic heterocycles. The second-order valence-corrected chi connectivity index (χ2v) is 6.15. The molecule has 0 aliphatic rings. The number of nitrogens with one attached hydrogen (secondary N) is 1. The maximum Gasteiger partial charge on any atom is 0.144 e. The van der Waals surface area contributed by atoms with Crippen molar-refractivity contribution in [3.63, 3.8) is 0 Å². The van der Waals surface area contributed by atoms with Crippen LogP contribution in [0.5, 0.6) is 0 Å². The van der Waals surface area contributed by atoms with Crippen LogP contribution in [0.25, 0.3) is 11.4 Å². The van der Waals surface area contributed by atoms with E-state index in [1.807, 2.05) is 19.2 Å². The summed E-state index contributed by atoms with van der Waals surface area (Å²) in [5.74, 6) is 1.36. The predicted molar refractivity (Wildman–Crippen MR) is 83.6 cm³/mol. The third-order valence-corrected chi connectivity index (χ3v) is 4.24. The maximum atomic E-state index is 5.33. The molecule has 0 saturated carbocycles. The summed E-state index contributed by atoms with van der Waals surface area (Å²) in [5, 5.41) is 0. The van der Waals surface area contributed by atoms with Crippen molar-refractivity contribution in [3.05, 3.63) is 38.8 Å². The molecule has 19 heavy (non-hydrogen) atoms. The highest BCUT2D eigenvalue weighted by atomic mass is 79.9. The van der Waals surface area contributed by atoms with E-state index in [-0.39, 0.29) is 0 Å². The number of aryl methyl sites for hydroxylation is 1. The Morgan fingerprint density at radius 1 is 1.42 bits per heavy atom. The van der Waals surface area contributed by atoms with Crippen LogP contribution in [0.4, 0.5) is 0 Å². The number of rotatable bonds is 3. The highest BCUT2D eigenvalue weighted by Crippen LogP contribution is 2.24. The first-order chi connectivity index (χ1) is 8.99. The van der Waals surface area contributed by atoms with Gasteiger partial charge in [-0.05, 0) is 46.8 Å². The average molecular weight is 338 g/mol. The highest BCUT2D eigenvalue weighted by molar-refractivity contribution is 9.10. The summed E-state index contributed by atoms with van der Waals surface area (Å²) in [6.07, 6.45) is 4.53. The van der Waals surface area contributed by atoms with Crippen molar-refractivity contribution in [3.8, 4) is 11.4 Å². The summed E-state index contributed by atoms with van der Waals surface area (Å²) in [5.41, 5.74) is 3.22. The van der Waals surface area contributed by atoms with E-state index >= 15 is 0 Å². The minimum absolute atomic E-state index is 0.552. The lowest BCUT2D eigenvalue weighted by Crippen LogP contribution is -2.03. The van der Waals surface area contributed by atoms with Gasteiger partial charge in [0, 0.05) is 23.7 Å². The van der Waals surface area contributed by atoms with Crippen LogP contribution >= 0.6 is 28.1 Å². The molecule has 0 amide bonds. The SMILES string of the molecule is Cc1cnccc1-c1nc(=S)c(Br)c(CC(C)C)[nH]1. The Morgan fingerprint density at radius 3 is 2.79 bits per heavy atom. The molecule has 0 radical (unpaired) electrons. The van der Waals surface area contributed by atoms with Crippen molar-refractivity contribution in [2.75, 3.05) is 0 Å². The molecule has 0 saturated heterocycles. The molecule has 1 N–H and O–H groups in total. The summed E-state index contributed by atoms with van der Waals surface area (Å²) in [6, 6.07) is 1.95. The monoisotopic (exact) mass is 337 g/mol. The summed E-state index contributed by atoms with van der Waals surface area (Å²) in [6.45, 7) is 6.38. The maximum absolute atomic E-state index is 5.33. The molecule has 3 nitrogen and oxygen atoms in total. The molecular formula is C14H16BrN3S. The van der Waals surface area contributed by atoms with Gasteiger partial charge in [-0.1, -0.05) is 26.1 Å². The third-order valence-electron chi connectivity index (χ3n) is 2.82. The lowest BCUT2D eigenvalue weighted by Gasteiger charge is -2.11. The number of hydrogen-bond donors (Lipinski definition) is 1. The van der Waals surface area contributed by atoms with Crippen LogP contribution < -0.4 is 0 Å². The van der Waals surface area contributed by atoms with Gasteiger partial charge in [0.15, 0.2) is 0 Å². The number of aromatic amines is 1. The first kappa shape index (κ1) is 14.3. The number of nitrogens with zero attached hydrogens (tertiary/aromatic N) is 2. The van der Waals surface area contributed by atoms with Crippen molar-refractivity contribution in [2.45, 2.75) is 27.2 Å². The van der Waals surface area contributed by atoms with Crippen LogP contribution in [-0.2, 0) is 6.42 Å². The van der Waals surface area contributed by atoms with Gasteiger partial charge in [-0.25, -0.2) is 4.98 Å². The van der Waals surface area contributed by atoms with Crippen molar-refractivity contribution < 1.29 is 0 Å². The molecule has 5 heteroatoms. The van der Waals surface area contributed by atoms with Crippen LogP contribution in [0.3, 0.4) is 0 Å². The Bertz CT molecular complexity index is 649. The molecule has 0 aliphatic carbocycles. The number of aromatic nitrogens is 3. The zero-order valence-electron chi connectivity index (χ0n) is 11.2.